The van der Waals surface area contributed by atoms with E-state index in [1.165, 1.54) is 20.9 Å². The molecule has 1 aliphatic carbocycles. The topological polar surface area (TPSA) is 102 Å². The van der Waals surface area contributed by atoms with E-state index in [0.29, 0.717) is 12.8 Å². The number of ether oxygens (including phenoxy) is 2. The standard InChI is InChI=1S/C16H23F3N2O6/c1-9(2)12(20-14(24)16(17,18)19)13(23)26-8-27-15(25)21(3)10-6-4-5-7-11(10)22/h9-10,12H,4-8H2,1-3H3,(H,20,24). The highest BCUT2D eigenvalue weighted by molar-refractivity contribution is 5.88. The third-order valence-corrected chi connectivity index (χ3v) is 4.13. The van der Waals surface area contributed by atoms with Gasteiger partial charge in [0.1, 0.15) is 6.04 Å². The summed E-state index contributed by atoms with van der Waals surface area (Å²) in [4.78, 5) is 47.7. The lowest BCUT2D eigenvalue weighted by molar-refractivity contribution is -0.177. The fraction of sp³-hybridized carbons (Fsp3) is 0.750. The summed E-state index contributed by atoms with van der Waals surface area (Å²) in [5.41, 5.74) is 0. The van der Waals surface area contributed by atoms with Crippen LogP contribution in [0.5, 0.6) is 0 Å². The number of esters is 1. The fourth-order valence-electron chi connectivity index (χ4n) is 2.55. The Labute approximate surface area is 154 Å². The molecule has 1 rings (SSSR count). The Morgan fingerprint density at radius 1 is 1.22 bits per heavy atom. The van der Waals surface area contributed by atoms with Crippen molar-refractivity contribution in [3.8, 4) is 0 Å². The van der Waals surface area contributed by atoms with Crippen LogP contribution in [0.1, 0.15) is 39.5 Å². The van der Waals surface area contributed by atoms with E-state index in [0.717, 1.165) is 17.7 Å². The predicted octanol–water partition coefficient (Wildman–Crippen LogP) is 1.77. The molecule has 2 amide bonds. The van der Waals surface area contributed by atoms with Crippen LogP contribution < -0.4 is 5.32 Å². The molecule has 0 aromatic heterocycles. The van der Waals surface area contributed by atoms with Gasteiger partial charge in [-0.15, -0.1) is 0 Å². The second-order valence-electron chi connectivity index (χ2n) is 6.52. The molecule has 27 heavy (non-hydrogen) atoms. The van der Waals surface area contributed by atoms with Crippen molar-refractivity contribution in [3.63, 3.8) is 0 Å². The maximum absolute atomic E-state index is 12.3. The molecule has 0 bridgehead atoms. The molecule has 2 unspecified atom stereocenters. The zero-order chi connectivity index (χ0) is 20.8. The van der Waals surface area contributed by atoms with Crippen molar-refractivity contribution in [2.45, 2.75) is 57.8 Å². The molecule has 0 aromatic carbocycles. The van der Waals surface area contributed by atoms with Crippen molar-refractivity contribution in [1.29, 1.82) is 0 Å². The van der Waals surface area contributed by atoms with E-state index >= 15 is 0 Å². The fourth-order valence-corrected chi connectivity index (χ4v) is 2.55. The quantitative estimate of drug-likeness (QED) is 0.542. The number of hydrogen-bond acceptors (Lipinski definition) is 6. The van der Waals surface area contributed by atoms with Gasteiger partial charge in [0.25, 0.3) is 0 Å². The van der Waals surface area contributed by atoms with Gasteiger partial charge in [0.15, 0.2) is 5.78 Å². The number of carbonyl (C=O) groups is 4. The Morgan fingerprint density at radius 2 is 1.85 bits per heavy atom. The van der Waals surface area contributed by atoms with Gasteiger partial charge in [-0.2, -0.15) is 13.2 Å². The Kier molecular flexibility index (Phi) is 8.04. The number of hydrogen-bond donors (Lipinski definition) is 1. The highest BCUT2D eigenvalue weighted by atomic mass is 19.4. The van der Waals surface area contributed by atoms with E-state index in [1.54, 1.807) is 5.32 Å². The largest absolute Gasteiger partial charge is 0.471 e. The summed E-state index contributed by atoms with van der Waals surface area (Å²) in [6.07, 6.45) is -3.62. The third-order valence-electron chi connectivity index (χ3n) is 4.13. The van der Waals surface area contributed by atoms with Crippen molar-refractivity contribution < 1.29 is 41.8 Å². The Morgan fingerprint density at radius 3 is 2.37 bits per heavy atom. The molecule has 0 saturated heterocycles. The van der Waals surface area contributed by atoms with Gasteiger partial charge in [-0.3, -0.25) is 9.59 Å². The molecule has 0 spiro atoms. The summed E-state index contributed by atoms with van der Waals surface area (Å²) in [5.74, 6) is -4.23. The van der Waals surface area contributed by atoms with Gasteiger partial charge in [-0.25, -0.2) is 9.59 Å². The summed E-state index contributed by atoms with van der Waals surface area (Å²) in [6, 6.07) is -2.17. The summed E-state index contributed by atoms with van der Waals surface area (Å²) in [5, 5.41) is 1.54. The van der Waals surface area contributed by atoms with E-state index in [1.807, 2.05) is 0 Å². The molecule has 0 aromatic rings. The van der Waals surface area contributed by atoms with Crippen LogP contribution in [0.3, 0.4) is 0 Å². The van der Waals surface area contributed by atoms with E-state index in [-0.39, 0.29) is 5.78 Å². The Hall–Kier alpha value is -2.33. The number of alkyl halides is 3. The van der Waals surface area contributed by atoms with Crippen molar-refractivity contribution in [2.24, 2.45) is 5.92 Å². The second-order valence-corrected chi connectivity index (χ2v) is 6.52. The van der Waals surface area contributed by atoms with Gasteiger partial charge in [0.05, 0.1) is 6.04 Å². The average Bonchev–Trinajstić information content (AvgIpc) is 2.57. The number of halogens is 3. The number of rotatable bonds is 6. The lowest BCUT2D eigenvalue weighted by Crippen LogP contribution is -2.50. The molecular formula is C16H23F3N2O6. The predicted molar refractivity (Wildman–Crippen MR) is 85.3 cm³/mol. The second kappa shape index (κ2) is 9.56. The molecule has 11 heteroatoms. The number of likely N-dealkylation sites (N-methyl/N-ethyl adjacent to an activating group) is 1. The van der Waals surface area contributed by atoms with Gasteiger partial charge in [-0.1, -0.05) is 20.3 Å². The minimum absolute atomic E-state index is 0.0903. The molecule has 1 aliphatic rings. The molecule has 8 nitrogen and oxygen atoms in total. The zero-order valence-corrected chi connectivity index (χ0v) is 15.3. The first-order chi connectivity index (χ1) is 12.4. The minimum atomic E-state index is -5.14. The van der Waals surface area contributed by atoms with E-state index in [4.69, 9.17) is 4.74 Å². The van der Waals surface area contributed by atoms with Gasteiger partial charge >= 0.3 is 24.1 Å². The number of Topliss-reactive ketones (excluding diaryl/α,β-unsaturated/α-hetero) is 1. The zero-order valence-electron chi connectivity index (χ0n) is 15.3. The first-order valence-electron chi connectivity index (χ1n) is 8.41. The van der Waals surface area contributed by atoms with Crippen LogP contribution in [-0.2, 0) is 23.9 Å². The number of ketones is 1. The normalized spacial score (nSPS) is 18.6. The summed E-state index contributed by atoms with van der Waals surface area (Å²) < 4.78 is 46.3. The molecule has 154 valence electrons. The van der Waals surface area contributed by atoms with E-state index in [9.17, 15) is 32.3 Å². The number of carbonyl (C=O) groups excluding carboxylic acids is 4. The van der Waals surface area contributed by atoms with Crippen LogP contribution in [0, 0.1) is 5.92 Å². The van der Waals surface area contributed by atoms with Crippen molar-refractivity contribution in [3.05, 3.63) is 0 Å². The van der Waals surface area contributed by atoms with Crippen LogP contribution >= 0.6 is 0 Å². The summed E-state index contributed by atoms with van der Waals surface area (Å²) >= 11 is 0. The molecule has 1 saturated carbocycles. The summed E-state index contributed by atoms with van der Waals surface area (Å²) in [6.45, 7) is 1.97. The molecular weight excluding hydrogens is 373 g/mol. The van der Waals surface area contributed by atoms with Crippen molar-refractivity contribution >= 4 is 23.8 Å². The van der Waals surface area contributed by atoms with E-state index in [2.05, 4.69) is 4.74 Å². The lowest BCUT2D eigenvalue weighted by atomic mass is 9.93. The Bertz CT molecular complexity index is 579. The molecule has 2 atom stereocenters. The monoisotopic (exact) mass is 396 g/mol. The third kappa shape index (κ3) is 6.72. The molecule has 0 radical (unpaired) electrons. The van der Waals surface area contributed by atoms with Crippen LogP contribution in [0.15, 0.2) is 0 Å². The van der Waals surface area contributed by atoms with Gasteiger partial charge in [-0.05, 0) is 18.8 Å². The first kappa shape index (κ1) is 22.7. The maximum atomic E-state index is 12.3. The summed E-state index contributed by atoms with van der Waals surface area (Å²) in [7, 11) is 1.37. The molecule has 0 aliphatic heterocycles. The van der Waals surface area contributed by atoms with Gasteiger partial charge < -0.3 is 19.7 Å². The van der Waals surface area contributed by atoms with Gasteiger partial charge in [0.2, 0.25) is 6.79 Å². The Balaban J connectivity index is 2.52. The molecule has 1 N–H and O–H groups in total. The van der Waals surface area contributed by atoms with E-state index < -0.39 is 48.9 Å². The molecule has 0 heterocycles. The number of nitrogens with one attached hydrogen (secondary N) is 1. The molecule has 1 fully saturated rings. The average molecular weight is 396 g/mol. The number of amides is 2. The SMILES string of the molecule is CC(C)C(NC(=O)C(F)(F)F)C(=O)OCOC(=O)N(C)C1CCCCC1=O. The smallest absolute Gasteiger partial charge is 0.426 e. The van der Waals surface area contributed by atoms with Crippen LogP contribution in [-0.4, -0.2) is 60.8 Å². The van der Waals surface area contributed by atoms with Gasteiger partial charge in [0, 0.05) is 13.5 Å². The minimum Gasteiger partial charge on any atom is -0.426 e. The van der Waals surface area contributed by atoms with Crippen molar-refractivity contribution in [1.82, 2.24) is 10.2 Å². The first-order valence-corrected chi connectivity index (χ1v) is 8.41. The van der Waals surface area contributed by atoms with Crippen LogP contribution in [0.4, 0.5) is 18.0 Å². The van der Waals surface area contributed by atoms with Crippen LogP contribution in [0.25, 0.3) is 0 Å². The number of nitrogens with zero attached hydrogens (tertiary/aromatic N) is 1. The van der Waals surface area contributed by atoms with Crippen LogP contribution in [0.2, 0.25) is 0 Å². The highest BCUT2D eigenvalue weighted by Gasteiger charge is 2.41. The van der Waals surface area contributed by atoms with Crippen molar-refractivity contribution in [2.75, 3.05) is 13.8 Å². The highest BCUT2D eigenvalue weighted by Crippen LogP contribution is 2.19. The maximum Gasteiger partial charge on any atom is 0.471 e. The lowest BCUT2D eigenvalue weighted by Gasteiger charge is -2.29.